The van der Waals surface area contributed by atoms with Crippen molar-refractivity contribution in [3.63, 3.8) is 0 Å². The summed E-state index contributed by atoms with van der Waals surface area (Å²) in [5.74, 6) is 0. The predicted octanol–water partition coefficient (Wildman–Crippen LogP) is 20.4. The molecule has 0 saturated carbocycles. The van der Waals surface area contributed by atoms with Crippen molar-refractivity contribution < 1.29 is 0 Å². The van der Waals surface area contributed by atoms with E-state index in [0.29, 0.717) is 0 Å². The van der Waals surface area contributed by atoms with E-state index in [-0.39, 0.29) is 13.4 Å². The highest BCUT2D eigenvalue weighted by Crippen LogP contribution is 2.39. The molecule has 0 spiro atoms. The summed E-state index contributed by atoms with van der Waals surface area (Å²) in [6, 6.07) is 128. The van der Waals surface area contributed by atoms with Crippen LogP contribution in [0.5, 0.6) is 0 Å². The Balaban J connectivity index is 0.819. The van der Waals surface area contributed by atoms with Crippen LogP contribution in [0.2, 0.25) is 0 Å². The third-order valence-corrected chi connectivity index (χ3v) is 21.9. The van der Waals surface area contributed by atoms with Crippen LogP contribution in [0.1, 0.15) is 0 Å². The van der Waals surface area contributed by atoms with Crippen LogP contribution in [0.25, 0.3) is 140 Å². The molecular formula is C88H56B2S2. The lowest BCUT2D eigenvalue weighted by atomic mass is 9.38. The van der Waals surface area contributed by atoms with Crippen molar-refractivity contribution in [2.45, 2.75) is 0 Å². The maximum absolute atomic E-state index is 2.44. The average Bonchev–Trinajstić information content (AvgIpc) is 1.21. The Morgan fingerprint density at radius 2 is 0.457 bits per heavy atom. The van der Waals surface area contributed by atoms with Gasteiger partial charge in [0, 0.05) is 9.75 Å². The molecule has 0 fully saturated rings. The second-order valence-electron chi connectivity index (χ2n) is 24.4. The number of fused-ring (bicyclic) bond motifs is 8. The third-order valence-electron chi connectivity index (χ3n) is 19.4. The first kappa shape index (κ1) is 54.1. The lowest BCUT2D eigenvalue weighted by Crippen LogP contribution is -2.51. The molecule has 0 atom stereocenters. The van der Waals surface area contributed by atoms with E-state index in [9.17, 15) is 0 Å². The van der Waals surface area contributed by atoms with Crippen LogP contribution in [-0.4, -0.2) is 13.4 Å². The second-order valence-corrected chi connectivity index (χ2v) is 26.6. The monoisotopic (exact) mass is 1200 g/mol. The molecule has 18 aromatic rings. The van der Waals surface area contributed by atoms with Gasteiger partial charge in [-0.1, -0.05) is 343 Å². The maximum Gasteiger partial charge on any atom is 0.255 e. The average molecular weight is 1200 g/mol. The molecule has 0 amide bonds. The number of thiophene rings is 2. The number of hydrogen-bond donors (Lipinski definition) is 0. The highest BCUT2D eigenvalue weighted by Gasteiger charge is 2.32. The van der Waals surface area contributed by atoms with Crippen molar-refractivity contribution in [1.82, 2.24) is 0 Å². The molecule has 2 heterocycles. The van der Waals surface area contributed by atoms with Gasteiger partial charge in [-0.25, -0.2) is 0 Å². The summed E-state index contributed by atoms with van der Waals surface area (Å²) in [5.41, 5.74) is 15.1. The molecule has 16 aromatic carbocycles. The van der Waals surface area contributed by atoms with E-state index in [4.69, 9.17) is 0 Å². The summed E-state index contributed by atoms with van der Waals surface area (Å²) in [6.45, 7) is -0.167. The van der Waals surface area contributed by atoms with Gasteiger partial charge in [0.1, 0.15) is 0 Å². The molecule has 0 aliphatic carbocycles. The highest BCUT2D eigenvalue weighted by atomic mass is 32.1. The van der Waals surface area contributed by atoms with Crippen molar-refractivity contribution in [1.29, 1.82) is 0 Å². The molecule has 4 heteroatoms. The topological polar surface area (TPSA) is 0 Å². The Labute approximate surface area is 543 Å². The summed E-state index contributed by atoms with van der Waals surface area (Å²) in [6.07, 6.45) is 0. The smallest absolute Gasteiger partial charge is 0.148 e. The third kappa shape index (κ3) is 9.12. The highest BCUT2D eigenvalue weighted by molar-refractivity contribution is 7.34. The normalized spacial score (nSPS) is 11.7. The first-order chi connectivity index (χ1) is 45.6. The van der Waals surface area contributed by atoms with Gasteiger partial charge in [0.15, 0.2) is 0 Å². The quantitative estimate of drug-likeness (QED) is 0.113. The molecule has 0 aliphatic heterocycles. The Morgan fingerprint density at radius 1 is 0.174 bits per heavy atom. The standard InChI is InChI=1S/C88H56B2S2/c1-2-24-61-56-62(43-42-57(61)20-1)66-44-48-81(77-35-13-9-31-70(66)77)89(82-49-45-74(71-32-10-14-36-78(71)82)67-39-17-25-58-21-3-6-28-63(58)67)87-54-52-85(91-87)86-53-55-88(92-86)90(83-50-46-75(72-33-11-15-37-79(72)83)68-40-18-26-59-22-4-7-29-64(59)68)84-51-47-76(73-34-12-16-38-80(73)84)69-41-19-27-60-23-5-8-30-65(60)69/h1-56H. The van der Waals surface area contributed by atoms with Crippen LogP contribution >= 0.6 is 22.7 Å². The second kappa shape index (κ2) is 22.6. The van der Waals surface area contributed by atoms with E-state index in [1.165, 1.54) is 172 Å². The fourth-order valence-corrected chi connectivity index (χ4v) is 17.6. The van der Waals surface area contributed by atoms with Crippen molar-refractivity contribution in [3.8, 4) is 54.3 Å². The van der Waals surface area contributed by atoms with Crippen molar-refractivity contribution >= 4 is 154 Å². The van der Waals surface area contributed by atoms with Crippen molar-refractivity contribution in [2.24, 2.45) is 0 Å². The van der Waals surface area contributed by atoms with Crippen LogP contribution in [0.15, 0.2) is 340 Å². The van der Waals surface area contributed by atoms with E-state index in [2.05, 4.69) is 340 Å². The molecule has 2 aromatic heterocycles. The fourth-order valence-electron chi connectivity index (χ4n) is 15.2. The zero-order valence-corrected chi connectivity index (χ0v) is 51.9. The predicted molar refractivity (Wildman–Crippen MR) is 405 cm³/mol. The number of hydrogen-bond acceptors (Lipinski definition) is 2. The minimum absolute atomic E-state index is 0.0822. The van der Waals surface area contributed by atoms with E-state index >= 15 is 0 Å². The van der Waals surface area contributed by atoms with Gasteiger partial charge in [-0.3, -0.25) is 0 Å². The minimum Gasteiger partial charge on any atom is -0.148 e. The number of benzene rings is 16. The molecule has 0 N–H and O–H groups in total. The molecule has 0 saturated heterocycles. The largest absolute Gasteiger partial charge is 0.255 e. The molecule has 0 aliphatic rings. The maximum atomic E-state index is 2.44. The van der Waals surface area contributed by atoms with Crippen LogP contribution in [0.4, 0.5) is 0 Å². The lowest BCUT2D eigenvalue weighted by Gasteiger charge is -2.21. The molecule has 0 radical (unpaired) electrons. The SMILES string of the molecule is c1ccc2cc(-c3ccc(B(c4ccc(-c5ccc(B(c6ccc(-c7cccc8ccccc78)c7ccccc67)c6ccc(-c7cccc8ccccc78)c7ccccc67)s5)s4)c4ccc(-c5cccc6ccccc56)c5ccccc45)c4ccccc34)ccc2c1. The van der Waals surface area contributed by atoms with Crippen LogP contribution in [0.3, 0.4) is 0 Å². The van der Waals surface area contributed by atoms with Crippen LogP contribution < -0.4 is 31.4 Å². The summed E-state index contributed by atoms with van der Waals surface area (Å²) >= 11 is 3.88. The van der Waals surface area contributed by atoms with Gasteiger partial charge >= 0.3 is 0 Å². The summed E-state index contributed by atoms with van der Waals surface area (Å²) in [5, 5.41) is 20.1. The first-order valence-electron chi connectivity index (χ1n) is 31.9. The van der Waals surface area contributed by atoms with Crippen molar-refractivity contribution in [2.75, 3.05) is 0 Å². The molecule has 0 bridgehead atoms. The van der Waals surface area contributed by atoms with Gasteiger partial charge in [-0.2, -0.15) is 0 Å². The molecule has 0 unspecified atom stereocenters. The Kier molecular flexibility index (Phi) is 13.3. The van der Waals surface area contributed by atoms with Crippen LogP contribution in [-0.2, 0) is 0 Å². The molecule has 92 heavy (non-hydrogen) atoms. The first-order valence-corrected chi connectivity index (χ1v) is 33.5. The zero-order valence-electron chi connectivity index (χ0n) is 50.3. The van der Waals surface area contributed by atoms with Gasteiger partial charge in [0.2, 0.25) is 0 Å². The van der Waals surface area contributed by atoms with E-state index in [1.807, 2.05) is 22.7 Å². The van der Waals surface area contributed by atoms with Gasteiger partial charge < -0.3 is 0 Å². The summed E-state index contributed by atoms with van der Waals surface area (Å²) < 4.78 is 2.62. The number of rotatable bonds is 11. The zero-order chi connectivity index (χ0) is 60.6. The van der Waals surface area contributed by atoms with Gasteiger partial charge in [-0.05, 0) is 158 Å². The molecule has 18 rings (SSSR count). The summed E-state index contributed by atoms with van der Waals surface area (Å²) in [7, 11) is 0. The van der Waals surface area contributed by atoms with E-state index in [0.717, 1.165) is 0 Å². The van der Waals surface area contributed by atoms with Crippen molar-refractivity contribution in [3.05, 3.63) is 340 Å². The van der Waals surface area contributed by atoms with Gasteiger partial charge in [0.05, 0.1) is 0 Å². The molecular weight excluding hydrogens is 1140 g/mol. The Morgan fingerprint density at radius 3 is 0.837 bits per heavy atom. The molecule has 426 valence electrons. The fraction of sp³-hybridized carbons (Fsp3) is 0. The van der Waals surface area contributed by atoms with Gasteiger partial charge in [0.25, 0.3) is 13.4 Å². The Hall–Kier alpha value is -10.9. The lowest BCUT2D eigenvalue weighted by molar-refractivity contribution is 1.68. The van der Waals surface area contributed by atoms with Crippen LogP contribution in [0, 0.1) is 0 Å². The van der Waals surface area contributed by atoms with E-state index < -0.39 is 0 Å². The minimum atomic E-state index is -0.0852. The van der Waals surface area contributed by atoms with Gasteiger partial charge in [-0.15, -0.1) is 22.7 Å². The summed E-state index contributed by atoms with van der Waals surface area (Å²) in [4.78, 5) is 2.53. The van der Waals surface area contributed by atoms with E-state index in [1.54, 1.807) is 0 Å². The Bertz CT molecular complexity index is 5770. The molecule has 0 nitrogen and oxygen atoms in total.